The van der Waals surface area contributed by atoms with Gasteiger partial charge < -0.3 is 15.5 Å². The molecule has 0 aromatic heterocycles. The lowest BCUT2D eigenvalue weighted by Crippen LogP contribution is -2.36. The van der Waals surface area contributed by atoms with Crippen LogP contribution in [0.15, 0.2) is 24.3 Å². The second-order valence-corrected chi connectivity index (χ2v) is 5.08. The standard InChI is InChI=1S/C13H18F3NO2/c1-12(2,19)8-17-7-11(18)9-3-5-10(6-4-9)13(14,15)16/h3-6,11,17-19H,7-8H2,1-2H3. The lowest BCUT2D eigenvalue weighted by atomic mass is 10.1. The molecule has 108 valence electrons. The van der Waals surface area contributed by atoms with E-state index in [0.717, 1.165) is 12.1 Å². The number of alkyl halides is 3. The molecule has 0 radical (unpaired) electrons. The molecular weight excluding hydrogens is 259 g/mol. The number of hydrogen-bond acceptors (Lipinski definition) is 3. The Morgan fingerprint density at radius 1 is 1.16 bits per heavy atom. The number of aliphatic hydroxyl groups excluding tert-OH is 1. The SMILES string of the molecule is CC(C)(O)CNCC(O)c1ccc(C(F)(F)F)cc1. The number of aliphatic hydroxyl groups is 2. The predicted molar refractivity (Wildman–Crippen MR) is 65.6 cm³/mol. The van der Waals surface area contributed by atoms with E-state index in [1.165, 1.54) is 12.1 Å². The van der Waals surface area contributed by atoms with Crippen molar-refractivity contribution in [2.75, 3.05) is 13.1 Å². The van der Waals surface area contributed by atoms with Crippen molar-refractivity contribution in [3.63, 3.8) is 0 Å². The molecule has 1 aromatic carbocycles. The van der Waals surface area contributed by atoms with Crippen LogP contribution in [0.2, 0.25) is 0 Å². The van der Waals surface area contributed by atoms with Crippen molar-refractivity contribution in [3.05, 3.63) is 35.4 Å². The highest BCUT2D eigenvalue weighted by atomic mass is 19.4. The van der Waals surface area contributed by atoms with Crippen LogP contribution in [0.25, 0.3) is 0 Å². The van der Waals surface area contributed by atoms with E-state index in [1.54, 1.807) is 13.8 Å². The van der Waals surface area contributed by atoms with E-state index in [0.29, 0.717) is 5.56 Å². The van der Waals surface area contributed by atoms with Crippen LogP contribution < -0.4 is 5.32 Å². The number of rotatable bonds is 5. The van der Waals surface area contributed by atoms with Gasteiger partial charge in [0.25, 0.3) is 0 Å². The molecule has 0 bridgehead atoms. The van der Waals surface area contributed by atoms with Gasteiger partial charge in [-0.3, -0.25) is 0 Å². The molecule has 0 saturated heterocycles. The quantitative estimate of drug-likeness (QED) is 0.772. The highest BCUT2D eigenvalue weighted by Gasteiger charge is 2.30. The van der Waals surface area contributed by atoms with Gasteiger partial charge in [-0.2, -0.15) is 13.2 Å². The summed E-state index contributed by atoms with van der Waals surface area (Å²) >= 11 is 0. The fraction of sp³-hybridized carbons (Fsp3) is 0.538. The van der Waals surface area contributed by atoms with E-state index in [4.69, 9.17) is 0 Å². The number of hydrogen-bond donors (Lipinski definition) is 3. The van der Waals surface area contributed by atoms with Crippen LogP contribution in [0.5, 0.6) is 0 Å². The van der Waals surface area contributed by atoms with Gasteiger partial charge in [0.05, 0.1) is 17.3 Å². The first-order valence-corrected chi connectivity index (χ1v) is 5.88. The molecule has 0 aliphatic heterocycles. The lowest BCUT2D eigenvalue weighted by molar-refractivity contribution is -0.137. The summed E-state index contributed by atoms with van der Waals surface area (Å²) in [7, 11) is 0. The van der Waals surface area contributed by atoms with Crippen molar-refractivity contribution in [1.82, 2.24) is 5.32 Å². The highest BCUT2D eigenvalue weighted by molar-refractivity contribution is 5.26. The van der Waals surface area contributed by atoms with Gasteiger partial charge in [0, 0.05) is 13.1 Å². The Hall–Kier alpha value is -1.11. The molecule has 0 saturated carbocycles. The van der Waals surface area contributed by atoms with Crippen LogP contribution in [-0.2, 0) is 6.18 Å². The van der Waals surface area contributed by atoms with Crippen molar-refractivity contribution in [1.29, 1.82) is 0 Å². The molecule has 0 spiro atoms. The van der Waals surface area contributed by atoms with Crippen LogP contribution in [0, 0.1) is 0 Å². The number of nitrogens with one attached hydrogen (secondary N) is 1. The summed E-state index contributed by atoms with van der Waals surface area (Å²) < 4.78 is 37.1. The first-order valence-electron chi connectivity index (χ1n) is 5.88. The van der Waals surface area contributed by atoms with Crippen molar-refractivity contribution in [2.45, 2.75) is 31.7 Å². The Kier molecular flexibility index (Phi) is 4.95. The molecule has 3 N–H and O–H groups in total. The molecule has 19 heavy (non-hydrogen) atoms. The molecule has 0 amide bonds. The first kappa shape index (κ1) is 15.9. The van der Waals surface area contributed by atoms with Crippen molar-refractivity contribution >= 4 is 0 Å². The molecule has 3 nitrogen and oxygen atoms in total. The highest BCUT2D eigenvalue weighted by Crippen LogP contribution is 2.29. The molecule has 0 heterocycles. The Labute approximate surface area is 110 Å². The van der Waals surface area contributed by atoms with E-state index < -0.39 is 23.4 Å². The molecule has 1 unspecified atom stereocenters. The van der Waals surface area contributed by atoms with Gasteiger partial charge in [-0.25, -0.2) is 0 Å². The predicted octanol–water partition coefficient (Wildman–Crippen LogP) is 2.10. The van der Waals surface area contributed by atoms with Crippen molar-refractivity contribution in [3.8, 4) is 0 Å². The maximum absolute atomic E-state index is 12.4. The zero-order valence-corrected chi connectivity index (χ0v) is 10.8. The summed E-state index contributed by atoms with van der Waals surface area (Å²) in [5.74, 6) is 0. The molecule has 0 aliphatic carbocycles. The van der Waals surface area contributed by atoms with Crippen LogP contribution in [0.4, 0.5) is 13.2 Å². The average molecular weight is 277 g/mol. The van der Waals surface area contributed by atoms with Gasteiger partial charge in [0.15, 0.2) is 0 Å². The maximum atomic E-state index is 12.4. The van der Waals surface area contributed by atoms with Crippen LogP contribution >= 0.6 is 0 Å². The van der Waals surface area contributed by atoms with Crippen molar-refractivity contribution in [2.24, 2.45) is 0 Å². The third-order valence-corrected chi connectivity index (χ3v) is 2.52. The van der Waals surface area contributed by atoms with Gasteiger partial charge in [0.2, 0.25) is 0 Å². The van der Waals surface area contributed by atoms with E-state index in [-0.39, 0.29) is 13.1 Å². The minimum Gasteiger partial charge on any atom is -0.389 e. The molecule has 0 aliphatic rings. The summed E-state index contributed by atoms with van der Waals surface area (Å²) in [5, 5.41) is 22.1. The average Bonchev–Trinajstić information content (AvgIpc) is 2.26. The fourth-order valence-corrected chi connectivity index (χ4v) is 1.53. The van der Waals surface area contributed by atoms with E-state index >= 15 is 0 Å². The third-order valence-electron chi connectivity index (χ3n) is 2.52. The second-order valence-electron chi connectivity index (χ2n) is 5.08. The van der Waals surface area contributed by atoms with E-state index in [9.17, 15) is 23.4 Å². The van der Waals surface area contributed by atoms with Crippen LogP contribution in [0.1, 0.15) is 31.1 Å². The Bertz CT molecular complexity index is 396. The van der Waals surface area contributed by atoms with E-state index in [1.807, 2.05) is 0 Å². The minimum atomic E-state index is -4.37. The Morgan fingerprint density at radius 3 is 2.11 bits per heavy atom. The number of benzene rings is 1. The van der Waals surface area contributed by atoms with Crippen molar-refractivity contribution < 1.29 is 23.4 Å². The molecule has 1 aromatic rings. The summed E-state index contributed by atoms with van der Waals surface area (Å²) in [5.41, 5.74) is -1.25. The summed E-state index contributed by atoms with van der Waals surface area (Å²) in [4.78, 5) is 0. The van der Waals surface area contributed by atoms with Gasteiger partial charge in [-0.05, 0) is 31.5 Å². The molecule has 6 heteroatoms. The van der Waals surface area contributed by atoms with Gasteiger partial charge in [-0.1, -0.05) is 12.1 Å². The normalized spacial score (nSPS) is 14.5. The minimum absolute atomic E-state index is 0.162. The molecular formula is C13H18F3NO2. The van der Waals surface area contributed by atoms with Gasteiger partial charge in [0.1, 0.15) is 0 Å². The smallest absolute Gasteiger partial charge is 0.389 e. The Balaban J connectivity index is 2.56. The third kappa shape index (κ3) is 5.59. The molecule has 1 atom stereocenters. The zero-order chi connectivity index (χ0) is 14.7. The second kappa shape index (κ2) is 5.90. The zero-order valence-electron chi connectivity index (χ0n) is 10.8. The Morgan fingerprint density at radius 2 is 1.68 bits per heavy atom. The largest absolute Gasteiger partial charge is 0.416 e. The molecule has 0 fully saturated rings. The monoisotopic (exact) mass is 277 g/mol. The van der Waals surface area contributed by atoms with Crippen LogP contribution in [0.3, 0.4) is 0 Å². The van der Waals surface area contributed by atoms with Crippen LogP contribution in [-0.4, -0.2) is 28.9 Å². The molecule has 1 rings (SSSR count). The van der Waals surface area contributed by atoms with Gasteiger partial charge >= 0.3 is 6.18 Å². The lowest BCUT2D eigenvalue weighted by Gasteiger charge is -2.19. The van der Waals surface area contributed by atoms with Gasteiger partial charge in [-0.15, -0.1) is 0 Å². The topological polar surface area (TPSA) is 52.5 Å². The first-order chi connectivity index (χ1) is 8.59. The summed E-state index contributed by atoms with van der Waals surface area (Å²) in [6, 6.07) is 4.38. The summed E-state index contributed by atoms with van der Waals surface area (Å²) in [6.07, 6.45) is -5.28. The number of halogens is 3. The van der Waals surface area contributed by atoms with E-state index in [2.05, 4.69) is 5.32 Å². The maximum Gasteiger partial charge on any atom is 0.416 e. The summed E-state index contributed by atoms with van der Waals surface area (Å²) in [6.45, 7) is 3.68. The fourth-order valence-electron chi connectivity index (χ4n) is 1.53.